The largest absolute Gasteiger partial charge is 0.362 e. The molecule has 0 fully saturated rings. The van der Waals surface area contributed by atoms with E-state index in [1.807, 2.05) is 6.08 Å². The summed E-state index contributed by atoms with van der Waals surface area (Å²) in [6.45, 7) is 2.11. The van der Waals surface area contributed by atoms with Crippen LogP contribution in [0.2, 0.25) is 0 Å². The minimum Gasteiger partial charge on any atom is -0.362 e. The third-order valence-electron chi connectivity index (χ3n) is 1.77. The van der Waals surface area contributed by atoms with Crippen LogP contribution in [0.5, 0.6) is 0 Å². The highest BCUT2D eigenvalue weighted by molar-refractivity contribution is 5.25. The zero-order valence-electron chi connectivity index (χ0n) is 6.75. The molecule has 0 aromatic carbocycles. The maximum absolute atomic E-state index is 9.08. The van der Waals surface area contributed by atoms with E-state index < -0.39 is 5.79 Å². The van der Waals surface area contributed by atoms with E-state index in [2.05, 4.69) is 6.92 Å². The standard InChI is InChI=1S/C9H14O2/c1-2-3-8-4-6-9(10,11)7-5-8/h4-6,10-11H,2-3,7H2,1H3. The highest BCUT2D eigenvalue weighted by Crippen LogP contribution is 2.20. The van der Waals surface area contributed by atoms with Crippen molar-refractivity contribution in [2.24, 2.45) is 0 Å². The quantitative estimate of drug-likeness (QED) is 0.589. The SMILES string of the molecule is CCCC1=CCC(O)(O)C=C1. The molecule has 0 spiro atoms. The fourth-order valence-electron chi connectivity index (χ4n) is 1.13. The van der Waals surface area contributed by atoms with Gasteiger partial charge in [-0.15, -0.1) is 0 Å². The molecule has 0 aromatic heterocycles. The molecule has 1 rings (SSSR count). The lowest BCUT2D eigenvalue weighted by molar-refractivity contribution is -0.115. The molecule has 0 aliphatic heterocycles. The Balaban J connectivity index is 2.53. The Morgan fingerprint density at radius 1 is 1.55 bits per heavy atom. The number of aliphatic hydroxyl groups is 2. The van der Waals surface area contributed by atoms with Gasteiger partial charge in [0.05, 0.1) is 0 Å². The van der Waals surface area contributed by atoms with Crippen LogP contribution in [0.25, 0.3) is 0 Å². The first kappa shape index (κ1) is 8.50. The van der Waals surface area contributed by atoms with Gasteiger partial charge in [-0.25, -0.2) is 0 Å². The zero-order valence-corrected chi connectivity index (χ0v) is 6.75. The minimum atomic E-state index is -1.60. The third-order valence-corrected chi connectivity index (χ3v) is 1.77. The van der Waals surface area contributed by atoms with Crippen molar-refractivity contribution >= 4 is 0 Å². The fraction of sp³-hybridized carbons (Fsp3) is 0.556. The molecular formula is C9H14O2. The van der Waals surface area contributed by atoms with Gasteiger partial charge >= 0.3 is 0 Å². The first-order chi connectivity index (χ1) is 5.14. The Bertz CT molecular complexity index is 190. The molecule has 0 saturated carbocycles. The third kappa shape index (κ3) is 2.48. The van der Waals surface area contributed by atoms with Crippen LogP contribution in [0.4, 0.5) is 0 Å². The molecule has 0 amide bonds. The average molecular weight is 154 g/mol. The number of hydrogen-bond donors (Lipinski definition) is 2. The van der Waals surface area contributed by atoms with Crippen molar-refractivity contribution in [1.82, 2.24) is 0 Å². The molecule has 0 radical (unpaired) electrons. The van der Waals surface area contributed by atoms with Gasteiger partial charge in [0.1, 0.15) is 0 Å². The second-order valence-corrected chi connectivity index (χ2v) is 2.95. The molecule has 0 unspecified atom stereocenters. The maximum atomic E-state index is 9.08. The van der Waals surface area contributed by atoms with Crippen LogP contribution in [-0.2, 0) is 0 Å². The van der Waals surface area contributed by atoms with Gasteiger partial charge in [0.15, 0.2) is 5.79 Å². The summed E-state index contributed by atoms with van der Waals surface area (Å²) in [5.41, 5.74) is 1.20. The van der Waals surface area contributed by atoms with Crippen molar-refractivity contribution in [3.8, 4) is 0 Å². The highest BCUT2D eigenvalue weighted by atomic mass is 16.5. The van der Waals surface area contributed by atoms with E-state index in [9.17, 15) is 0 Å². The highest BCUT2D eigenvalue weighted by Gasteiger charge is 2.19. The lowest BCUT2D eigenvalue weighted by Crippen LogP contribution is -2.25. The van der Waals surface area contributed by atoms with Crippen molar-refractivity contribution in [3.05, 3.63) is 23.8 Å². The monoisotopic (exact) mass is 154 g/mol. The van der Waals surface area contributed by atoms with Gasteiger partial charge in [-0.05, 0) is 12.5 Å². The van der Waals surface area contributed by atoms with Gasteiger partial charge in [-0.2, -0.15) is 0 Å². The summed E-state index contributed by atoms with van der Waals surface area (Å²) < 4.78 is 0. The second kappa shape index (κ2) is 3.20. The van der Waals surface area contributed by atoms with Crippen LogP contribution >= 0.6 is 0 Å². The number of hydrogen-bond acceptors (Lipinski definition) is 2. The topological polar surface area (TPSA) is 40.5 Å². The average Bonchev–Trinajstić information content (AvgIpc) is 1.94. The van der Waals surface area contributed by atoms with E-state index in [4.69, 9.17) is 10.2 Å². The van der Waals surface area contributed by atoms with E-state index in [1.54, 1.807) is 6.08 Å². The number of rotatable bonds is 2. The fourth-order valence-corrected chi connectivity index (χ4v) is 1.13. The lowest BCUT2D eigenvalue weighted by Gasteiger charge is -2.19. The lowest BCUT2D eigenvalue weighted by atomic mass is 9.99. The minimum absolute atomic E-state index is 0.318. The molecule has 2 nitrogen and oxygen atoms in total. The summed E-state index contributed by atoms with van der Waals surface area (Å²) >= 11 is 0. The predicted molar refractivity (Wildman–Crippen MR) is 43.9 cm³/mol. The Labute approximate surface area is 66.9 Å². The molecule has 0 bridgehead atoms. The summed E-state index contributed by atoms with van der Waals surface area (Å²) in [5.74, 6) is -1.60. The van der Waals surface area contributed by atoms with Gasteiger partial charge in [-0.3, -0.25) is 0 Å². The van der Waals surface area contributed by atoms with Gasteiger partial charge < -0.3 is 10.2 Å². The van der Waals surface area contributed by atoms with E-state index in [-0.39, 0.29) is 0 Å². The zero-order chi connectivity index (χ0) is 8.32. The van der Waals surface area contributed by atoms with E-state index >= 15 is 0 Å². The van der Waals surface area contributed by atoms with Crippen LogP contribution in [0.15, 0.2) is 23.8 Å². The molecule has 2 N–H and O–H groups in total. The summed E-state index contributed by atoms with van der Waals surface area (Å²) in [6, 6.07) is 0. The van der Waals surface area contributed by atoms with Crippen molar-refractivity contribution in [2.45, 2.75) is 32.0 Å². The molecule has 0 saturated heterocycles. The van der Waals surface area contributed by atoms with Crippen LogP contribution < -0.4 is 0 Å². The Hall–Kier alpha value is -0.600. The summed E-state index contributed by atoms with van der Waals surface area (Å²) in [5, 5.41) is 18.2. The molecular weight excluding hydrogens is 140 g/mol. The van der Waals surface area contributed by atoms with Crippen molar-refractivity contribution in [2.75, 3.05) is 0 Å². The first-order valence-electron chi connectivity index (χ1n) is 3.97. The molecule has 0 atom stereocenters. The normalized spacial score (nSPS) is 21.5. The van der Waals surface area contributed by atoms with Crippen LogP contribution in [0.3, 0.4) is 0 Å². The van der Waals surface area contributed by atoms with Crippen molar-refractivity contribution in [1.29, 1.82) is 0 Å². The first-order valence-corrected chi connectivity index (χ1v) is 3.97. The molecule has 0 heterocycles. The van der Waals surface area contributed by atoms with E-state index in [0.29, 0.717) is 6.42 Å². The van der Waals surface area contributed by atoms with Crippen LogP contribution in [0, 0.1) is 0 Å². The molecule has 11 heavy (non-hydrogen) atoms. The van der Waals surface area contributed by atoms with Crippen molar-refractivity contribution in [3.63, 3.8) is 0 Å². The maximum Gasteiger partial charge on any atom is 0.186 e. The smallest absolute Gasteiger partial charge is 0.186 e. The second-order valence-electron chi connectivity index (χ2n) is 2.95. The Morgan fingerprint density at radius 2 is 2.27 bits per heavy atom. The molecule has 0 aromatic rings. The van der Waals surface area contributed by atoms with Gasteiger partial charge in [-0.1, -0.05) is 31.1 Å². The molecule has 2 heteroatoms. The van der Waals surface area contributed by atoms with Gasteiger partial charge in [0, 0.05) is 6.42 Å². The Morgan fingerprint density at radius 3 is 2.73 bits per heavy atom. The summed E-state index contributed by atoms with van der Waals surface area (Å²) in [6.07, 6.45) is 7.54. The van der Waals surface area contributed by atoms with E-state index in [0.717, 1.165) is 12.8 Å². The summed E-state index contributed by atoms with van der Waals surface area (Å²) in [7, 11) is 0. The van der Waals surface area contributed by atoms with Gasteiger partial charge in [0.2, 0.25) is 0 Å². The summed E-state index contributed by atoms with van der Waals surface area (Å²) in [4.78, 5) is 0. The van der Waals surface area contributed by atoms with E-state index in [1.165, 1.54) is 11.6 Å². The Kier molecular flexibility index (Phi) is 2.47. The number of allylic oxidation sites excluding steroid dienone is 2. The molecule has 1 aliphatic carbocycles. The van der Waals surface area contributed by atoms with Gasteiger partial charge in [0.25, 0.3) is 0 Å². The van der Waals surface area contributed by atoms with Crippen LogP contribution in [-0.4, -0.2) is 16.0 Å². The van der Waals surface area contributed by atoms with Crippen LogP contribution in [0.1, 0.15) is 26.2 Å². The molecule has 62 valence electrons. The predicted octanol–water partition coefficient (Wildman–Crippen LogP) is 1.35. The van der Waals surface area contributed by atoms with Crippen molar-refractivity contribution < 1.29 is 10.2 Å². The molecule has 1 aliphatic rings.